The molecule has 0 spiro atoms. The molecule has 1 aliphatic rings. The van der Waals surface area contributed by atoms with Gasteiger partial charge in [-0.05, 0) is 58.4 Å². The third kappa shape index (κ3) is 5.92. The van der Waals surface area contributed by atoms with Crippen LogP contribution >= 0.6 is 27.3 Å². The van der Waals surface area contributed by atoms with Crippen LogP contribution in [0.4, 0.5) is 11.4 Å². The van der Waals surface area contributed by atoms with E-state index in [1.165, 1.54) is 22.3 Å². The average Bonchev–Trinajstić information content (AvgIpc) is 3.12. The van der Waals surface area contributed by atoms with E-state index < -0.39 is 0 Å². The Hall–Kier alpha value is -2.16. The minimum Gasteiger partial charge on any atom is -0.378 e. The molecule has 0 unspecified atom stereocenters. The molecule has 0 radical (unpaired) electrons. The average molecular weight is 464 g/mol. The summed E-state index contributed by atoms with van der Waals surface area (Å²) in [7, 11) is 1.61. The molecule has 0 atom stereocenters. The SMILES string of the molecule is CN(CC(=O)Nc1ccc(N2CCOCC2)cc1)C(=O)/C=C/c1ccc(Br)s1. The summed E-state index contributed by atoms with van der Waals surface area (Å²) in [5.74, 6) is -0.454. The van der Waals surface area contributed by atoms with Crippen LogP contribution in [0.2, 0.25) is 0 Å². The molecular weight excluding hydrogens is 442 g/mol. The number of ether oxygens (including phenoxy) is 1. The van der Waals surface area contributed by atoms with Crippen LogP contribution < -0.4 is 10.2 Å². The van der Waals surface area contributed by atoms with E-state index >= 15 is 0 Å². The number of nitrogens with zero attached hydrogens (tertiary/aromatic N) is 2. The summed E-state index contributed by atoms with van der Waals surface area (Å²) in [5.41, 5.74) is 1.82. The predicted octanol–water partition coefficient (Wildman–Crippen LogP) is 3.46. The van der Waals surface area contributed by atoms with E-state index in [0.717, 1.165) is 40.7 Å². The number of benzene rings is 1. The first kappa shape index (κ1) is 20.6. The number of halogens is 1. The Morgan fingerprint density at radius 3 is 2.57 bits per heavy atom. The fourth-order valence-electron chi connectivity index (χ4n) is 2.77. The molecule has 6 nitrogen and oxygen atoms in total. The van der Waals surface area contributed by atoms with Gasteiger partial charge in [0.05, 0.1) is 23.5 Å². The summed E-state index contributed by atoms with van der Waals surface area (Å²) in [6, 6.07) is 11.6. The van der Waals surface area contributed by atoms with Gasteiger partial charge >= 0.3 is 0 Å². The Morgan fingerprint density at radius 1 is 1.21 bits per heavy atom. The molecule has 2 aromatic rings. The van der Waals surface area contributed by atoms with Crippen molar-refractivity contribution in [3.05, 3.63) is 51.1 Å². The van der Waals surface area contributed by atoms with Gasteiger partial charge in [0, 0.05) is 42.5 Å². The summed E-state index contributed by atoms with van der Waals surface area (Å²) in [4.78, 5) is 29.0. The van der Waals surface area contributed by atoms with Crippen LogP contribution in [-0.2, 0) is 14.3 Å². The number of hydrogen-bond acceptors (Lipinski definition) is 5. The number of rotatable bonds is 6. The summed E-state index contributed by atoms with van der Waals surface area (Å²) < 4.78 is 6.37. The number of nitrogens with one attached hydrogen (secondary N) is 1. The highest BCUT2D eigenvalue weighted by molar-refractivity contribution is 9.11. The minimum atomic E-state index is -0.234. The number of likely N-dealkylation sites (N-methyl/N-ethyl adjacent to an activating group) is 1. The van der Waals surface area contributed by atoms with E-state index in [9.17, 15) is 9.59 Å². The Kier molecular flexibility index (Phi) is 7.24. The number of carbonyl (C=O) groups is 2. The van der Waals surface area contributed by atoms with Crippen LogP contribution in [0.3, 0.4) is 0 Å². The second-order valence-electron chi connectivity index (χ2n) is 6.36. The molecule has 8 heteroatoms. The van der Waals surface area contributed by atoms with Gasteiger partial charge in [0.2, 0.25) is 11.8 Å². The summed E-state index contributed by atoms with van der Waals surface area (Å²) in [5, 5.41) is 2.83. The molecule has 1 N–H and O–H groups in total. The van der Waals surface area contributed by atoms with E-state index in [0.29, 0.717) is 5.69 Å². The first-order valence-corrected chi connectivity index (χ1v) is 10.5. The summed E-state index contributed by atoms with van der Waals surface area (Å²) in [6.45, 7) is 3.19. The maximum Gasteiger partial charge on any atom is 0.246 e. The maximum absolute atomic E-state index is 12.2. The van der Waals surface area contributed by atoms with Crippen LogP contribution in [0.25, 0.3) is 6.08 Å². The molecule has 3 rings (SSSR count). The Bertz CT molecular complexity index is 845. The van der Waals surface area contributed by atoms with Crippen molar-refractivity contribution < 1.29 is 14.3 Å². The standard InChI is InChI=1S/C20H22BrN3O3S/c1-23(20(26)9-7-17-6-8-18(21)28-17)14-19(25)22-15-2-4-16(5-3-15)24-10-12-27-13-11-24/h2-9H,10-14H2,1H3,(H,22,25)/b9-7+. The quantitative estimate of drug-likeness (QED) is 0.666. The molecule has 1 aromatic carbocycles. The molecule has 1 aromatic heterocycles. The topological polar surface area (TPSA) is 61.9 Å². The van der Waals surface area contributed by atoms with Gasteiger partial charge in [-0.25, -0.2) is 0 Å². The van der Waals surface area contributed by atoms with Gasteiger partial charge in [0.25, 0.3) is 0 Å². The number of carbonyl (C=O) groups excluding carboxylic acids is 2. The summed E-state index contributed by atoms with van der Waals surface area (Å²) >= 11 is 4.93. The predicted molar refractivity (Wildman–Crippen MR) is 117 cm³/mol. The van der Waals surface area contributed by atoms with Crippen LogP contribution in [0.5, 0.6) is 0 Å². The molecule has 1 aliphatic heterocycles. The van der Waals surface area contributed by atoms with Gasteiger partial charge in [-0.15, -0.1) is 11.3 Å². The van der Waals surface area contributed by atoms with Crippen molar-refractivity contribution in [3.8, 4) is 0 Å². The summed E-state index contributed by atoms with van der Waals surface area (Å²) in [6.07, 6.45) is 3.22. The fourth-order valence-corrected chi connectivity index (χ4v) is 4.10. The van der Waals surface area contributed by atoms with E-state index in [1.807, 2.05) is 36.4 Å². The van der Waals surface area contributed by atoms with Crippen molar-refractivity contribution in [2.75, 3.05) is 50.1 Å². The third-order valence-electron chi connectivity index (χ3n) is 4.27. The molecule has 0 saturated carbocycles. The van der Waals surface area contributed by atoms with Crippen molar-refractivity contribution in [1.29, 1.82) is 0 Å². The van der Waals surface area contributed by atoms with E-state index in [-0.39, 0.29) is 18.4 Å². The number of amides is 2. The third-order valence-corrected chi connectivity index (χ3v) is 5.86. The van der Waals surface area contributed by atoms with Crippen molar-refractivity contribution >= 4 is 56.5 Å². The van der Waals surface area contributed by atoms with Gasteiger partial charge in [-0.2, -0.15) is 0 Å². The lowest BCUT2D eigenvalue weighted by molar-refractivity contribution is -0.129. The molecule has 2 amide bonds. The zero-order chi connectivity index (χ0) is 19.9. The van der Waals surface area contributed by atoms with Gasteiger partial charge in [-0.3, -0.25) is 9.59 Å². The first-order chi connectivity index (χ1) is 13.5. The lowest BCUT2D eigenvalue weighted by Gasteiger charge is -2.28. The van der Waals surface area contributed by atoms with E-state index in [4.69, 9.17) is 4.74 Å². The maximum atomic E-state index is 12.2. The van der Waals surface area contributed by atoms with Crippen molar-refractivity contribution in [2.45, 2.75) is 0 Å². The highest BCUT2D eigenvalue weighted by Gasteiger charge is 2.13. The molecule has 1 saturated heterocycles. The molecule has 0 bridgehead atoms. The number of morpholine rings is 1. The van der Waals surface area contributed by atoms with E-state index in [1.54, 1.807) is 13.1 Å². The molecule has 148 valence electrons. The van der Waals surface area contributed by atoms with Gasteiger partial charge in [-0.1, -0.05) is 0 Å². The first-order valence-electron chi connectivity index (χ1n) is 8.92. The number of anilines is 2. The molecular formula is C20H22BrN3O3S. The molecule has 0 aliphatic carbocycles. The Labute approximate surface area is 176 Å². The van der Waals surface area contributed by atoms with Crippen molar-refractivity contribution in [3.63, 3.8) is 0 Å². The zero-order valence-corrected chi connectivity index (χ0v) is 18.0. The normalized spacial score (nSPS) is 14.3. The van der Waals surface area contributed by atoms with Crippen LogP contribution in [0, 0.1) is 0 Å². The largest absolute Gasteiger partial charge is 0.378 e. The smallest absolute Gasteiger partial charge is 0.246 e. The van der Waals surface area contributed by atoms with E-state index in [2.05, 4.69) is 26.1 Å². The fraction of sp³-hybridized carbons (Fsp3) is 0.300. The van der Waals surface area contributed by atoms with Crippen LogP contribution in [0.1, 0.15) is 4.88 Å². The van der Waals surface area contributed by atoms with Gasteiger partial charge in [0.1, 0.15) is 0 Å². The number of hydrogen-bond donors (Lipinski definition) is 1. The monoisotopic (exact) mass is 463 g/mol. The second kappa shape index (κ2) is 9.86. The minimum absolute atomic E-state index is 0.0114. The lowest BCUT2D eigenvalue weighted by atomic mass is 10.2. The van der Waals surface area contributed by atoms with Crippen LogP contribution in [0.15, 0.2) is 46.3 Å². The van der Waals surface area contributed by atoms with Gasteiger partial charge in [0.15, 0.2) is 0 Å². The molecule has 1 fully saturated rings. The van der Waals surface area contributed by atoms with Crippen LogP contribution in [-0.4, -0.2) is 56.6 Å². The highest BCUT2D eigenvalue weighted by atomic mass is 79.9. The molecule has 2 heterocycles. The lowest BCUT2D eigenvalue weighted by Crippen LogP contribution is -2.36. The van der Waals surface area contributed by atoms with Crippen molar-refractivity contribution in [2.24, 2.45) is 0 Å². The van der Waals surface area contributed by atoms with Gasteiger partial charge < -0.3 is 19.9 Å². The number of thiophene rings is 1. The Balaban J connectivity index is 1.48. The molecule has 28 heavy (non-hydrogen) atoms. The second-order valence-corrected chi connectivity index (χ2v) is 8.86. The van der Waals surface area contributed by atoms with Crippen molar-refractivity contribution in [1.82, 2.24) is 4.90 Å². The zero-order valence-electron chi connectivity index (χ0n) is 15.6. The highest BCUT2D eigenvalue weighted by Crippen LogP contribution is 2.23. The Morgan fingerprint density at radius 2 is 1.93 bits per heavy atom.